The summed E-state index contributed by atoms with van der Waals surface area (Å²) < 4.78 is 0. The lowest BCUT2D eigenvalue weighted by molar-refractivity contribution is 0.0936. The number of benzene rings is 1. The molecule has 4 heteroatoms. The summed E-state index contributed by atoms with van der Waals surface area (Å²) in [5, 5.41) is 3.39. The molecule has 1 aromatic rings. The molecule has 18 heavy (non-hydrogen) atoms. The molecular weight excluding hydrogens is 269 g/mol. The summed E-state index contributed by atoms with van der Waals surface area (Å²) in [7, 11) is 0. The molecule has 1 amide bonds. The van der Waals surface area contributed by atoms with E-state index in [-0.39, 0.29) is 11.3 Å². The van der Waals surface area contributed by atoms with Gasteiger partial charge in [-0.2, -0.15) is 0 Å². The quantitative estimate of drug-likeness (QED) is 0.814. The van der Waals surface area contributed by atoms with Gasteiger partial charge in [-0.25, -0.2) is 0 Å². The highest BCUT2D eigenvalue weighted by atomic mass is 35.5. The number of halogens is 2. The van der Waals surface area contributed by atoms with E-state index in [0.717, 1.165) is 12.0 Å². The van der Waals surface area contributed by atoms with Crippen LogP contribution in [0.1, 0.15) is 36.2 Å². The fourth-order valence-corrected chi connectivity index (χ4v) is 2.40. The first kappa shape index (κ1) is 15.3. The molecule has 100 valence electrons. The van der Waals surface area contributed by atoms with E-state index in [4.69, 9.17) is 23.2 Å². The lowest BCUT2D eigenvalue weighted by Gasteiger charge is -2.23. The molecule has 0 aliphatic rings. The van der Waals surface area contributed by atoms with Crippen LogP contribution in [0.3, 0.4) is 0 Å². The van der Waals surface area contributed by atoms with Crippen LogP contribution in [-0.2, 0) is 0 Å². The maximum absolute atomic E-state index is 12.0. The SMILES string of the molecule is Cc1ccc(C(=O)NCC(C)(C)CCCl)c(Cl)c1. The van der Waals surface area contributed by atoms with Gasteiger partial charge in [0.1, 0.15) is 0 Å². The van der Waals surface area contributed by atoms with Crippen molar-refractivity contribution >= 4 is 29.1 Å². The van der Waals surface area contributed by atoms with Crippen LogP contribution in [0.5, 0.6) is 0 Å². The molecule has 0 saturated heterocycles. The van der Waals surface area contributed by atoms with E-state index in [1.807, 2.05) is 13.0 Å². The third kappa shape index (κ3) is 4.51. The van der Waals surface area contributed by atoms with Crippen LogP contribution in [0.2, 0.25) is 5.02 Å². The van der Waals surface area contributed by atoms with E-state index in [2.05, 4.69) is 19.2 Å². The van der Waals surface area contributed by atoms with E-state index in [1.54, 1.807) is 12.1 Å². The number of aryl methyl sites for hydroxylation is 1. The molecule has 0 aromatic heterocycles. The average molecular weight is 288 g/mol. The first-order chi connectivity index (χ1) is 8.35. The summed E-state index contributed by atoms with van der Waals surface area (Å²) in [5.74, 6) is 0.455. The maximum atomic E-state index is 12.0. The molecule has 0 saturated carbocycles. The van der Waals surface area contributed by atoms with E-state index in [9.17, 15) is 4.79 Å². The van der Waals surface area contributed by atoms with Crippen molar-refractivity contribution in [3.05, 3.63) is 34.3 Å². The van der Waals surface area contributed by atoms with Crippen molar-refractivity contribution < 1.29 is 4.79 Å². The molecule has 0 fully saturated rings. The number of carbonyl (C=O) groups is 1. The molecule has 0 atom stereocenters. The van der Waals surface area contributed by atoms with Crippen molar-refractivity contribution in [2.75, 3.05) is 12.4 Å². The third-order valence-electron chi connectivity index (χ3n) is 2.87. The molecule has 0 aliphatic heterocycles. The van der Waals surface area contributed by atoms with Crippen LogP contribution < -0.4 is 5.32 Å². The van der Waals surface area contributed by atoms with Gasteiger partial charge in [0, 0.05) is 12.4 Å². The first-order valence-electron chi connectivity index (χ1n) is 5.96. The molecule has 0 aliphatic carbocycles. The largest absolute Gasteiger partial charge is 0.351 e. The summed E-state index contributed by atoms with van der Waals surface area (Å²) in [6, 6.07) is 5.42. The van der Waals surface area contributed by atoms with Gasteiger partial charge in [0.2, 0.25) is 0 Å². The maximum Gasteiger partial charge on any atom is 0.252 e. The average Bonchev–Trinajstić information content (AvgIpc) is 2.26. The molecule has 0 unspecified atom stereocenters. The Bertz CT molecular complexity index is 430. The second-order valence-corrected chi connectivity index (χ2v) is 6.05. The van der Waals surface area contributed by atoms with Gasteiger partial charge in [-0.1, -0.05) is 31.5 Å². The van der Waals surface area contributed by atoms with Crippen molar-refractivity contribution in [1.29, 1.82) is 0 Å². The lowest BCUT2D eigenvalue weighted by Crippen LogP contribution is -2.34. The predicted molar refractivity (Wildman–Crippen MR) is 77.6 cm³/mol. The molecule has 0 spiro atoms. The Morgan fingerprint density at radius 2 is 2.06 bits per heavy atom. The van der Waals surface area contributed by atoms with E-state index in [1.165, 1.54) is 0 Å². The Hall–Kier alpha value is -0.730. The summed E-state index contributed by atoms with van der Waals surface area (Å²) in [6.45, 7) is 6.68. The number of carbonyl (C=O) groups excluding carboxylic acids is 1. The summed E-state index contributed by atoms with van der Waals surface area (Å²) in [5.41, 5.74) is 1.55. The number of nitrogens with one attached hydrogen (secondary N) is 1. The van der Waals surface area contributed by atoms with Gasteiger partial charge in [-0.3, -0.25) is 4.79 Å². The Labute approximate surface area is 119 Å². The van der Waals surface area contributed by atoms with Crippen LogP contribution >= 0.6 is 23.2 Å². The Kier molecular flexibility index (Phi) is 5.48. The van der Waals surface area contributed by atoms with Crippen molar-refractivity contribution in [1.82, 2.24) is 5.32 Å². The van der Waals surface area contributed by atoms with Gasteiger partial charge in [-0.05, 0) is 36.5 Å². The minimum Gasteiger partial charge on any atom is -0.351 e. The summed E-state index contributed by atoms with van der Waals surface area (Å²) in [4.78, 5) is 12.0. The second kappa shape index (κ2) is 6.44. The molecule has 1 N–H and O–H groups in total. The van der Waals surface area contributed by atoms with Crippen LogP contribution in [0.25, 0.3) is 0 Å². The van der Waals surface area contributed by atoms with Gasteiger partial charge < -0.3 is 5.32 Å². The highest BCUT2D eigenvalue weighted by molar-refractivity contribution is 6.33. The van der Waals surface area contributed by atoms with Gasteiger partial charge in [0.15, 0.2) is 0 Å². The molecule has 1 aromatic carbocycles. The van der Waals surface area contributed by atoms with Crippen LogP contribution in [0.15, 0.2) is 18.2 Å². The minimum absolute atomic E-state index is 0.00537. The fraction of sp³-hybridized carbons (Fsp3) is 0.500. The van der Waals surface area contributed by atoms with Crippen LogP contribution in [0, 0.1) is 12.3 Å². The normalized spacial score (nSPS) is 11.4. The Morgan fingerprint density at radius 3 is 2.61 bits per heavy atom. The van der Waals surface area contributed by atoms with Crippen LogP contribution in [-0.4, -0.2) is 18.3 Å². The summed E-state index contributed by atoms with van der Waals surface area (Å²) in [6.07, 6.45) is 0.858. The van der Waals surface area contributed by atoms with Gasteiger partial charge in [-0.15, -0.1) is 11.6 Å². The zero-order chi connectivity index (χ0) is 13.8. The van der Waals surface area contributed by atoms with Crippen molar-refractivity contribution in [2.45, 2.75) is 27.2 Å². The van der Waals surface area contributed by atoms with Crippen molar-refractivity contribution in [3.63, 3.8) is 0 Å². The highest BCUT2D eigenvalue weighted by Crippen LogP contribution is 2.21. The zero-order valence-electron chi connectivity index (χ0n) is 11.0. The molecule has 1 rings (SSSR count). The minimum atomic E-state index is -0.136. The number of alkyl halides is 1. The Morgan fingerprint density at radius 1 is 1.39 bits per heavy atom. The number of hydrogen-bond donors (Lipinski definition) is 1. The third-order valence-corrected chi connectivity index (χ3v) is 3.37. The fourth-order valence-electron chi connectivity index (χ4n) is 1.56. The Balaban J connectivity index is 2.66. The highest BCUT2D eigenvalue weighted by Gasteiger charge is 2.19. The number of rotatable bonds is 5. The van der Waals surface area contributed by atoms with Crippen LogP contribution in [0.4, 0.5) is 0 Å². The zero-order valence-corrected chi connectivity index (χ0v) is 12.5. The molecule has 0 radical (unpaired) electrons. The monoisotopic (exact) mass is 287 g/mol. The van der Waals surface area contributed by atoms with Gasteiger partial charge in [0.25, 0.3) is 5.91 Å². The van der Waals surface area contributed by atoms with E-state index < -0.39 is 0 Å². The molecule has 0 bridgehead atoms. The van der Waals surface area contributed by atoms with Gasteiger partial charge >= 0.3 is 0 Å². The molecule has 2 nitrogen and oxygen atoms in total. The molecule has 0 heterocycles. The number of amides is 1. The predicted octanol–water partition coefficient (Wildman–Crippen LogP) is 4.03. The first-order valence-corrected chi connectivity index (χ1v) is 6.87. The van der Waals surface area contributed by atoms with Crippen molar-refractivity contribution in [3.8, 4) is 0 Å². The van der Waals surface area contributed by atoms with Gasteiger partial charge in [0.05, 0.1) is 10.6 Å². The number of hydrogen-bond acceptors (Lipinski definition) is 1. The topological polar surface area (TPSA) is 29.1 Å². The lowest BCUT2D eigenvalue weighted by atomic mass is 9.90. The smallest absolute Gasteiger partial charge is 0.252 e. The summed E-state index contributed by atoms with van der Waals surface area (Å²) >= 11 is 11.8. The second-order valence-electron chi connectivity index (χ2n) is 5.27. The molecular formula is C14H19Cl2NO. The standard InChI is InChI=1S/C14H19Cl2NO/c1-10-4-5-11(12(16)8-10)13(18)17-9-14(2,3)6-7-15/h4-5,8H,6-7,9H2,1-3H3,(H,17,18). The van der Waals surface area contributed by atoms with E-state index >= 15 is 0 Å². The van der Waals surface area contributed by atoms with E-state index in [0.29, 0.717) is 23.0 Å². The van der Waals surface area contributed by atoms with Crippen molar-refractivity contribution in [2.24, 2.45) is 5.41 Å².